The molecule has 4 rings (SSSR count). The lowest BCUT2D eigenvalue weighted by Crippen LogP contribution is -2.04. The Morgan fingerprint density at radius 3 is 1.17 bits per heavy atom. The summed E-state index contributed by atoms with van der Waals surface area (Å²) >= 11 is 0. The summed E-state index contributed by atoms with van der Waals surface area (Å²) in [4.78, 5) is 57.3. The molecule has 0 aliphatic carbocycles. The number of ketones is 1. The van der Waals surface area contributed by atoms with E-state index in [1.165, 1.54) is 72.8 Å². The van der Waals surface area contributed by atoms with E-state index in [1.807, 2.05) is 0 Å². The van der Waals surface area contributed by atoms with Gasteiger partial charge in [0.05, 0.1) is 9.85 Å². The number of ether oxygens (including phenoxy) is 2. The Kier molecular flexibility index (Phi) is 9.05. The van der Waals surface area contributed by atoms with Crippen LogP contribution in [-0.2, 0) is 9.59 Å². The Morgan fingerprint density at radius 1 is 0.524 bits per heavy atom. The van der Waals surface area contributed by atoms with E-state index in [-0.39, 0.29) is 28.7 Å². The normalized spacial score (nSPS) is 10.9. The lowest BCUT2D eigenvalue weighted by molar-refractivity contribution is -0.385. The van der Waals surface area contributed by atoms with Gasteiger partial charge in [0.1, 0.15) is 11.5 Å². The lowest BCUT2D eigenvalue weighted by atomic mass is 10.0. The number of rotatable bonds is 10. The summed E-state index contributed by atoms with van der Waals surface area (Å²) in [6.45, 7) is 0. The summed E-state index contributed by atoms with van der Waals surface area (Å²) in [6.07, 6.45) is 5.42. The molecule has 0 heterocycles. The molecule has 0 saturated carbocycles. The van der Waals surface area contributed by atoms with Crippen molar-refractivity contribution in [1.82, 2.24) is 0 Å². The number of carbonyl (C=O) groups excluding carboxylic acids is 3. The summed E-state index contributed by atoms with van der Waals surface area (Å²) in [6, 6.07) is 23.3. The van der Waals surface area contributed by atoms with Gasteiger partial charge in [0.15, 0.2) is 5.78 Å². The lowest BCUT2D eigenvalue weighted by Gasteiger charge is -2.03. The Bertz CT molecular complexity index is 1560. The summed E-state index contributed by atoms with van der Waals surface area (Å²) in [7, 11) is 0. The van der Waals surface area contributed by atoms with Crippen LogP contribution in [0.15, 0.2) is 109 Å². The van der Waals surface area contributed by atoms with E-state index in [4.69, 9.17) is 9.47 Å². The van der Waals surface area contributed by atoms with E-state index in [0.29, 0.717) is 22.3 Å². The second kappa shape index (κ2) is 13.2. The van der Waals surface area contributed by atoms with Gasteiger partial charge in [-0.2, -0.15) is 0 Å². The molecule has 0 bridgehead atoms. The predicted octanol–water partition coefficient (Wildman–Crippen LogP) is 5.97. The maximum atomic E-state index is 12.9. The zero-order valence-electron chi connectivity index (χ0n) is 21.6. The number of esters is 2. The highest BCUT2D eigenvalue weighted by atomic mass is 16.6. The van der Waals surface area contributed by atoms with Gasteiger partial charge in [0.2, 0.25) is 0 Å². The molecule has 0 aromatic heterocycles. The summed E-state index contributed by atoms with van der Waals surface area (Å²) in [5.41, 5.74) is 1.91. The number of nitro benzene ring substituents is 2. The number of benzene rings is 4. The van der Waals surface area contributed by atoms with Gasteiger partial charge in [-0.05, 0) is 47.5 Å². The average molecular weight is 565 g/mol. The summed E-state index contributed by atoms with van der Waals surface area (Å²) in [5, 5.41) is 21.4. The molecule has 11 nitrogen and oxygen atoms in total. The first-order chi connectivity index (χ1) is 20.2. The van der Waals surface area contributed by atoms with Gasteiger partial charge in [-0.15, -0.1) is 0 Å². The molecule has 0 unspecified atom stereocenters. The third kappa shape index (κ3) is 7.90. The molecule has 0 saturated heterocycles. The molecule has 0 atom stereocenters. The number of non-ortho nitro benzene ring substituents is 2. The van der Waals surface area contributed by atoms with E-state index >= 15 is 0 Å². The van der Waals surface area contributed by atoms with E-state index < -0.39 is 21.8 Å². The van der Waals surface area contributed by atoms with E-state index in [2.05, 4.69) is 0 Å². The molecule has 4 aromatic carbocycles. The minimum Gasteiger partial charge on any atom is -0.423 e. The Hall–Kier alpha value is -6.23. The third-order valence-electron chi connectivity index (χ3n) is 5.70. The summed E-state index contributed by atoms with van der Waals surface area (Å²) < 4.78 is 10.2. The van der Waals surface area contributed by atoms with Crippen LogP contribution in [0.3, 0.4) is 0 Å². The highest BCUT2D eigenvalue weighted by molar-refractivity contribution is 6.09. The van der Waals surface area contributed by atoms with Crippen LogP contribution >= 0.6 is 0 Å². The second-order valence-corrected chi connectivity index (χ2v) is 8.58. The second-order valence-electron chi connectivity index (χ2n) is 8.58. The molecule has 0 spiro atoms. The van der Waals surface area contributed by atoms with E-state index in [9.17, 15) is 34.6 Å². The molecular weight excluding hydrogens is 544 g/mol. The van der Waals surface area contributed by atoms with Gasteiger partial charge in [-0.3, -0.25) is 25.0 Å². The topological polar surface area (TPSA) is 156 Å². The fourth-order valence-electron chi connectivity index (χ4n) is 3.56. The van der Waals surface area contributed by atoms with Crippen LogP contribution in [-0.4, -0.2) is 27.6 Å². The highest BCUT2D eigenvalue weighted by Crippen LogP contribution is 2.19. The van der Waals surface area contributed by atoms with Crippen LogP contribution < -0.4 is 9.47 Å². The fraction of sp³-hybridized carbons (Fsp3) is 0. The molecule has 0 N–H and O–H groups in total. The zero-order chi connectivity index (χ0) is 30.1. The van der Waals surface area contributed by atoms with Crippen molar-refractivity contribution in [1.29, 1.82) is 0 Å². The first-order valence-electron chi connectivity index (χ1n) is 12.2. The first-order valence-corrected chi connectivity index (χ1v) is 12.2. The zero-order valence-corrected chi connectivity index (χ0v) is 21.6. The maximum absolute atomic E-state index is 12.9. The average Bonchev–Trinajstić information content (AvgIpc) is 3.00. The minimum absolute atomic E-state index is 0.117. The van der Waals surface area contributed by atoms with Crippen molar-refractivity contribution >= 4 is 41.2 Å². The molecule has 0 fully saturated rings. The Balaban J connectivity index is 1.30. The maximum Gasteiger partial charge on any atom is 0.336 e. The number of carbonyl (C=O) groups is 3. The van der Waals surface area contributed by atoms with Gasteiger partial charge in [-0.1, -0.05) is 48.5 Å². The number of nitrogens with zero attached hydrogens (tertiary/aromatic N) is 2. The molecule has 0 aliphatic rings. The smallest absolute Gasteiger partial charge is 0.336 e. The van der Waals surface area contributed by atoms with Crippen molar-refractivity contribution < 1.29 is 33.7 Å². The van der Waals surface area contributed by atoms with Crippen molar-refractivity contribution in [3.63, 3.8) is 0 Å². The molecule has 0 amide bonds. The van der Waals surface area contributed by atoms with Crippen molar-refractivity contribution in [2.75, 3.05) is 0 Å². The molecule has 0 radical (unpaired) electrons. The largest absolute Gasteiger partial charge is 0.423 e. The predicted molar refractivity (Wildman–Crippen MR) is 152 cm³/mol. The molecule has 42 heavy (non-hydrogen) atoms. The van der Waals surface area contributed by atoms with Crippen molar-refractivity contribution in [2.24, 2.45) is 0 Å². The Labute approximate surface area is 238 Å². The molecule has 208 valence electrons. The quantitative estimate of drug-likeness (QED) is 0.0565. The van der Waals surface area contributed by atoms with Crippen molar-refractivity contribution in [2.45, 2.75) is 0 Å². The molecule has 11 heteroatoms. The van der Waals surface area contributed by atoms with E-state index in [0.717, 1.165) is 0 Å². The molecule has 4 aromatic rings. The summed E-state index contributed by atoms with van der Waals surface area (Å²) in [5.74, 6) is -1.23. The van der Waals surface area contributed by atoms with Gasteiger partial charge < -0.3 is 9.47 Å². The van der Waals surface area contributed by atoms with Crippen LogP contribution in [0.2, 0.25) is 0 Å². The Morgan fingerprint density at radius 2 is 0.857 bits per heavy atom. The fourth-order valence-corrected chi connectivity index (χ4v) is 3.56. The number of hydrogen-bond donors (Lipinski definition) is 0. The molecule has 0 aliphatic heterocycles. The van der Waals surface area contributed by atoms with Crippen LogP contribution in [0.4, 0.5) is 11.4 Å². The standard InChI is InChI=1S/C31H20N2O9/c34-29(41-27-15-11-25(12-16-27)32(37)38)19-5-21-1-7-23(8-2-21)31(36)24-9-3-22(4-10-24)6-20-30(35)42-28-17-13-26(14-18-28)33(39)40/h1-20H/b19-5+,20-6+. The van der Waals surface area contributed by atoms with Crippen molar-refractivity contribution in [3.05, 3.63) is 152 Å². The highest BCUT2D eigenvalue weighted by Gasteiger charge is 2.10. The van der Waals surface area contributed by atoms with Crippen LogP contribution in [0.25, 0.3) is 12.2 Å². The minimum atomic E-state index is -0.669. The van der Waals surface area contributed by atoms with Crippen molar-refractivity contribution in [3.8, 4) is 11.5 Å². The number of nitro groups is 2. The van der Waals surface area contributed by atoms with Gasteiger partial charge >= 0.3 is 11.9 Å². The third-order valence-corrected chi connectivity index (χ3v) is 5.70. The van der Waals surface area contributed by atoms with Gasteiger partial charge in [0, 0.05) is 47.5 Å². The van der Waals surface area contributed by atoms with Gasteiger partial charge in [0.25, 0.3) is 11.4 Å². The van der Waals surface area contributed by atoms with Gasteiger partial charge in [-0.25, -0.2) is 9.59 Å². The van der Waals surface area contributed by atoms with Crippen LogP contribution in [0.1, 0.15) is 27.0 Å². The van der Waals surface area contributed by atoms with Crippen LogP contribution in [0, 0.1) is 20.2 Å². The van der Waals surface area contributed by atoms with E-state index in [1.54, 1.807) is 48.5 Å². The first kappa shape index (κ1) is 28.8. The number of hydrogen-bond acceptors (Lipinski definition) is 9. The SMILES string of the molecule is O=C(/C=C/c1ccc(C(=O)c2ccc(/C=C/C(=O)Oc3ccc([N+](=O)[O-])cc3)cc2)cc1)Oc1ccc([N+](=O)[O-])cc1. The molecular formula is C31H20N2O9. The monoisotopic (exact) mass is 564 g/mol. The van der Waals surface area contributed by atoms with Crippen LogP contribution in [0.5, 0.6) is 11.5 Å².